The molecule has 1 saturated heterocycles. The Balaban J connectivity index is 1.68. The number of aliphatic hydroxyl groups is 1. The second-order valence-electron chi connectivity index (χ2n) is 7.56. The molecule has 4 nitrogen and oxygen atoms in total. The van der Waals surface area contributed by atoms with E-state index in [4.69, 9.17) is 4.74 Å². The van der Waals surface area contributed by atoms with E-state index in [9.17, 15) is 5.11 Å². The average molecular weight is 389 g/mol. The van der Waals surface area contributed by atoms with Crippen LogP contribution in [0, 0.1) is 20.8 Å². The van der Waals surface area contributed by atoms with Crippen LogP contribution >= 0.6 is 11.3 Å². The number of piperazine rings is 1. The van der Waals surface area contributed by atoms with Crippen molar-refractivity contribution in [3.05, 3.63) is 50.7 Å². The van der Waals surface area contributed by atoms with Gasteiger partial charge in [0, 0.05) is 55.1 Å². The van der Waals surface area contributed by atoms with Crippen molar-refractivity contribution >= 4 is 11.3 Å². The van der Waals surface area contributed by atoms with Crippen LogP contribution in [0.4, 0.5) is 0 Å². The smallest absolute Gasteiger partial charge is 0.122 e. The molecule has 0 unspecified atom stereocenters. The normalized spacial score (nSPS) is 18.8. The molecule has 1 aromatic heterocycles. The number of benzene rings is 1. The molecular weight excluding hydrogens is 356 g/mol. The predicted octanol–water partition coefficient (Wildman–Crippen LogP) is 3.75. The molecule has 0 spiro atoms. The summed E-state index contributed by atoms with van der Waals surface area (Å²) < 4.78 is 5.45. The van der Waals surface area contributed by atoms with Crippen LogP contribution in [0.15, 0.2) is 24.3 Å². The van der Waals surface area contributed by atoms with E-state index in [2.05, 4.69) is 54.8 Å². The summed E-state index contributed by atoms with van der Waals surface area (Å²) >= 11 is 1.89. The maximum absolute atomic E-state index is 9.59. The molecule has 1 aliphatic rings. The van der Waals surface area contributed by atoms with Gasteiger partial charge in [0.15, 0.2) is 0 Å². The fraction of sp³-hybridized carbons (Fsp3) is 0.545. The van der Waals surface area contributed by atoms with Gasteiger partial charge in [-0.15, -0.1) is 11.3 Å². The summed E-state index contributed by atoms with van der Waals surface area (Å²) in [5.41, 5.74) is 3.90. The van der Waals surface area contributed by atoms with Crippen LogP contribution in [-0.4, -0.2) is 54.3 Å². The number of aryl methyl sites for hydroxylation is 1. The first-order valence-corrected chi connectivity index (χ1v) is 10.6. The summed E-state index contributed by atoms with van der Waals surface area (Å²) in [6.07, 6.45) is 0.828. The molecule has 0 bridgehead atoms. The highest BCUT2D eigenvalue weighted by Gasteiger charge is 2.27. The fourth-order valence-corrected chi connectivity index (χ4v) is 4.92. The van der Waals surface area contributed by atoms with Crippen LogP contribution in [0.5, 0.6) is 5.75 Å². The quantitative estimate of drug-likeness (QED) is 0.784. The Hall–Kier alpha value is -1.40. The first-order valence-electron chi connectivity index (χ1n) is 9.77. The molecule has 1 atom stereocenters. The lowest BCUT2D eigenvalue weighted by Gasteiger charge is -2.41. The van der Waals surface area contributed by atoms with Gasteiger partial charge in [-0.1, -0.05) is 6.07 Å². The zero-order valence-corrected chi connectivity index (χ0v) is 17.8. The highest BCUT2D eigenvalue weighted by molar-refractivity contribution is 7.11. The third kappa shape index (κ3) is 4.91. The van der Waals surface area contributed by atoms with Crippen LogP contribution in [0.3, 0.4) is 0 Å². The predicted molar refractivity (Wildman–Crippen MR) is 113 cm³/mol. The number of hydrogen-bond donors (Lipinski definition) is 1. The SMILES string of the molecule is COc1ccc(CN2CCN(Cc3ccc(C)s3)C[C@@H]2CCO)c(C)c1C. The fourth-order valence-electron chi connectivity index (χ4n) is 3.99. The van der Waals surface area contributed by atoms with Gasteiger partial charge in [0.2, 0.25) is 0 Å². The first-order chi connectivity index (χ1) is 13.0. The molecule has 5 heteroatoms. The van der Waals surface area contributed by atoms with Gasteiger partial charge < -0.3 is 9.84 Å². The van der Waals surface area contributed by atoms with Gasteiger partial charge >= 0.3 is 0 Å². The van der Waals surface area contributed by atoms with Crippen molar-refractivity contribution in [1.29, 1.82) is 0 Å². The monoisotopic (exact) mass is 388 g/mol. The van der Waals surface area contributed by atoms with Gasteiger partial charge in [-0.3, -0.25) is 9.80 Å². The number of aliphatic hydroxyl groups excluding tert-OH is 1. The molecule has 0 aliphatic carbocycles. The van der Waals surface area contributed by atoms with Gasteiger partial charge in [-0.2, -0.15) is 0 Å². The zero-order chi connectivity index (χ0) is 19.4. The van der Waals surface area contributed by atoms with Crippen LogP contribution < -0.4 is 4.74 Å². The lowest BCUT2D eigenvalue weighted by molar-refractivity contribution is 0.0503. The summed E-state index contributed by atoms with van der Waals surface area (Å²) in [6, 6.07) is 9.12. The summed E-state index contributed by atoms with van der Waals surface area (Å²) in [6.45, 7) is 11.8. The molecule has 0 saturated carbocycles. The van der Waals surface area contributed by atoms with Gasteiger partial charge in [0.1, 0.15) is 5.75 Å². The van der Waals surface area contributed by atoms with Crippen LogP contribution in [-0.2, 0) is 13.1 Å². The minimum absolute atomic E-state index is 0.244. The second-order valence-corrected chi connectivity index (χ2v) is 8.93. The topological polar surface area (TPSA) is 35.9 Å². The number of ether oxygens (including phenoxy) is 1. The van der Waals surface area contributed by atoms with Crippen molar-refractivity contribution in [3.8, 4) is 5.75 Å². The molecule has 3 rings (SSSR count). The van der Waals surface area contributed by atoms with Gasteiger partial charge in [0.25, 0.3) is 0 Å². The number of hydrogen-bond acceptors (Lipinski definition) is 5. The van der Waals surface area contributed by atoms with Crippen molar-refractivity contribution in [2.75, 3.05) is 33.4 Å². The summed E-state index contributed by atoms with van der Waals surface area (Å²) in [5.74, 6) is 0.958. The van der Waals surface area contributed by atoms with E-state index in [1.165, 1.54) is 26.4 Å². The summed E-state index contributed by atoms with van der Waals surface area (Å²) in [5, 5.41) is 9.59. The molecule has 27 heavy (non-hydrogen) atoms. The third-order valence-corrected chi connectivity index (χ3v) is 6.76. The molecule has 1 fully saturated rings. The lowest BCUT2D eigenvalue weighted by Crippen LogP contribution is -2.52. The molecule has 0 amide bonds. The highest BCUT2D eigenvalue weighted by atomic mass is 32.1. The second kappa shape index (κ2) is 9.20. The maximum Gasteiger partial charge on any atom is 0.122 e. The number of nitrogens with zero attached hydrogens (tertiary/aromatic N) is 2. The Labute approximate surface area is 167 Å². The van der Waals surface area contributed by atoms with Crippen molar-refractivity contribution in [3.63, 3.8) is 0 Å². The Kier molecular flexibility index (Phi) is 6.93. The van der Waals surface area contributed by atoms with E-state index in [1.807, 2.05) is 11.3 Å². The van der Waals surface area contributed by atoms with E-state index in [1.54, 1.807) is 7.11 Å². The van der Waals surface area contributed by atoms with Crippen molar-refractivity contribution in [2.45, 2.75) is 46.3 Å². The molecule has 2 heterocycles. The highest BCUT2D eigenvalue weighted by Crippen LogP contribution is 2.27. The van der Waals surface area contributed by atoms with Gasteiger partial charge in [-0.05, 0) is 62.1 Å². The van der Waals surface area contributed by atoms with Crippen LogP contribution in [0.2, 0.25) is 0 Å². The Morgan fingerprint density at radius 2 is 1.89 bits per heavy atom. The number of methoxy groups -OCH3 is 1. The summed E-state index contributed by atoms with van der Waals surface area (Å²) in [4.78, 5) is 7.89. The molecular formula is C22H32N2O2S. The average Bonchev–Trinajstić information content (AvgIpc) is 3.06. The van der Waals surface area contributed by atoms with Gasteiger partial charge in [-0.25, -0.2) is 0 Å². The van der Waals surface area contributed by atoms with Crippen molar-refractivity contribution in [2.24, 2.45) is 0 Å². The van der Waals surface area contributed by atoms with Crippen molar-refractivity contribution < 1.29 is 9.84 Å². The molecule has 2 aromatic rings. The van der Waals surface area contributed by atoms with Crippen LogP contribution in [0.1, 0.15) is 32.9 Å². The maximum atomic E-state index is 9.59. The minimum atomic E-state index is 0.244. The molecule has 1 aliphatic heterocycles. The Morgan fingerprint density at radius 3 is 2.56 bits per heavy atom. The van der Waals surface area contributed by atoms with Crippen molar-refractivity contribution in [1.82, 2.24) is 9.80 Å². The molecule has 148 valence electrons. The van der Waals surface area contributed by atoms with E-state index >= 15 is 0 Å². The Morgan fingerprint density at radius 1 is 1.07 bits per heavy atom. The minimum Gasteiger partial charge on any atom is -0.496 e. The van der Waals surface area contributed by atoms with Gasteiger partial charge in [0.05, 0.1) is 7.11 Å². The third-order valence-electron chi connectivity index (χ3n) is 5.77. The molecule has 0 radical (unpaired) electrons. The number of thiophene rings is 1. The summed E-state index contributed by atoms with van der Waals surface area (Å²) in [7, 11) is 1.73. The standard InChI is InChI=1S/C22H32N2O2S/c1-16-5-7-21(27-16)15-23-10-11-24(20(14-23)9-12-25)13-19-6-8-22(26-4)18(3)17(19)2/h5-8,20,25H,9-15H2,1-4H3/t20-/m0/s1. The Bertz CT molecular complexity index is 759. The van der Waals surface area contributed by atoms with E-state index in [-0.39, 0.29) is 6.61 Å². The van der Waals surface area contributed by atoms with E-state index < -0.39 is 0 Å². The first kappa shape index (κ1) is 20.3. The molecule has 1 aromatic carbocycles. The molecule has 1 N–H and O–H groups in total. The number of rotatable bonds is 7. The zero-order valence-electron chi connectivity index (χ0n) is 17.0. The lowest BCUT2D eigenvalue weighted by atomic mass is 10.00. The van der Waals surface area contributed by atoms with E-state index in [0.717, 1.165) is 44.9 Å². The van der Waals surface area contributed by atoms with Crippen LogP contribution in [0.25, 0.3) is 0 Å². The largest absolute Gasteiger partial charge is 0.496 e. The van der Waals surface area contributed by atoms with E-state index in [0.29, 0.717) is 6.04 Å².